The van der Waals surface area contributed by atoms with Crippen LogP contribution in [0.5, 0.6) is 0 Å². The lowest BCUT2D eigenvalue weighted by Gasteiger charge is -1.99. The van der Waals surface area contributed by atoms with Crippen molar-refractivity contribution in [3.05, 3.63) is 18.1 Å². The molecule has 0 atom stereocenters. The molecule has 0 saturated heterocycles. The van der Waals surface area contributed by atoms with Gasteiger partial charge in [0, 0.05) is 7.05 Å². The molecule has 0 aliphatic heterocycles. The SMILES string of the molecule is CCc1c(N)nnn1-c1cnn(C)c1. The van der Waals surface area contributed by atoms with E-state index in [1.165, 1.54) is 0 Å². The summed E-state index contributed by atoms with van der Waals surface area (Å²) in [7, 11) is 1.86. The zero-order valence-electron chi connectivity index (χ0n) is 8.18. The Morgan fingerprint density at radius 2 is 2.29 bits per heavy atom. The summed E-state index contributed by atoms with van der Waals surface area (Å²) in [6.45, 7) is 2.02. The Hall–Kier alpha value is -1.85. The third-order valence-electron chi connectivity index (χ3n) is 2.06. The molecule has 2 rings (SSSR count). The van der Waals surface area contributed by atoms with E-state index in [1.807, 2.05) is 20.2 Å². The Bertz CT molecular complexity index is 440. The van der Waals surface area contributed by atoms with Gasteiger partial charge in [0.15, 0.2) is 5.82 Å². The van der Waals surface area contributed by atoms with Crippen LogP contribution >= 0.6 is 0 Å². The van der Waals surface area contributed by atoms with Crippen molar-refractivity contribution in [1.82, 2.24) is 24.8 Å². The van der Waals surface area contributed by atoms with Crippen LogP contribution in [0.15, 0.2) is 12.4 Å². The molecule has 0 saturated carbocycles. The van der Waals surface area contributed by atoms with Crippen LogP contribution in [-0.2, 0) is 13.5 Å². The number of nitrogens with two attached hydrogens (primary N) is 1. The minimum Gasteiger partial charge on any atom is -0.381 e. The molecule has 0 radical (unpaired) electrons. The van der Waals surface area contributed by atoms with Crippen molar-refractivity contribution >= 4 is 5.82 Å². The van der Waals surface area contributed by atoms with Crippen LogP contribution in [0.2, 0.25) is 0 Å². The van der Waals surface area contributed by atoms with E-state index in [9.17, 15) is 0 Å². The summed E-state index contributed by atoms with van der Waals surface area (Å²) in [4.78, 5) is 0. The topological polar surface area (TPSA) is 74.6 Å². The molecule has 6 heteroatoms. The monoisotopic (exact) mass is 192 g/mol. The van der Waals surface area contributed by atoms with Crippen LogP contribution < -0.4 is 5.73 Å². The number of nitrogen functional groups attached to an aromatic ring is 1. The lowest BCUT2D eigenvalue weighted by molar-refractivity contribution is 0.754. The van der Waals surface area contributed by atoms with E-state index in [4.69, 9.17) is 5.73 Å². The van der Waals surface area contributed by atoms with E-state index in [2.05, 4.69) is 15.4 Å². The van der Waals surface area contributed by atoms with Crippen LogP contribution in [0.25, 0.3) is 5.69 Å². The molecule has 2 heterocycles. The van der Waals surface area contributed by atoms with Gasteiger partial charge >= 0.3 is 0 Å². The minimum atomic E-state index is 0.483. The summed E-state index contributed by atoms with van der Waals surface area (Å²) in [6.07, 6.45) is 4.40. The number of hydrogen-bond acceptors (Lipinski definition) is 4. The average Bonchev–Trinajstić information content (AvgIpc) is 2.71. The second-order valence-electron chi connectivity index (χ2n) is 3.06. The van der Waals surface area contributed by atoms with Crippen LogP contribution in [0.1, 0.15) is 12.6 Å². The fraction of sp³-hybridized carbons (Fsp3) is 0.375. The molecule has 0 bridgehead atoms. The first kappa shape index (κ1) is 8.74. The highest BCUT2D eigenvalue weighted by atomic mass is 15.5. The van der Waals surface area contributed by atoms with E-state index in [0.29, 0.717) is 5.82 Å². The Labute approximate surface area is 81.3 Å². The quantitative estimate of drug-likeness (QED) is 0.734. The van der Waals surface area contributed by atoms with Gasteiger partial charge in [0.05, 0.1) is 18.1 Å². The highest BCUT2D eigenvalue weighted by molar-refractivity contribution is 5.38. The third-order valence-corrected chi connectivity index (χ3v) is 2.06. The predicted octanol–water partition coefficient (Wildman–Crippen LogP) is 0.145. The Balaban J connectivity index is 2.51. The molecule has 2 N–H and O–H groups in total. The standard InChI is InChI=1S/C8H12N6/c1-3-7-8(9)11-12-14(7)6-4-10-13(2)5-6/h4-5H,3,9H2,1-2H3. The minimum absolute atomic E-state index is 0.483. The van der Waals surface area contributed by atoms with Gasteiger partial charge in [0.1, 0.15) is 5.69 Å². The number of hydrogen-bond donors (Lipinski definition) is 1. The summed E-state index contributed by atoms with van der Waals surface area (Å²) in [6, 6.07) is 0. The largest absolute Gasteiger partial charge is 0.381 e. The Morgan fingerprint density at radius 1 is 1.50 bits per heavy atom. The maximum absolute atomic E-state index is 5.67. The number of nitrogens with zero attached hydrogens (tertiary/aromatic N) is 5. The van der Waals surface area contributed by atoms with Crippen LogP contribution in [0, 0.1) is 0 Å². The second-order valence-corrected chi connectivity index (χ2v) is 3.06. The van der Waals surface area contributed by atoms with Crippen molar-refractivity contribution in [2.75, 3.05) is 5.73 Å². The first-order valence-electron chi connectivity index (χ1n) is 4.41. The molecule has 6 nitrogen and oxygen atoms in total. The van der Waals surface area contributed by atoms with Crippen molar-refractivity contribution in [2.45, 2.75) is 13.3 Å². The normalized spacial score (nSPS) is 10.7. The molecule has 0 unspecified atom stereocenters. The van der Waals surface area contributed by atoms with E-state index in [0.717, 1.165) is 17.8 Å². The lowest BCUT2D eigenvalue weighted by atomic mass is 10.3. The molecule has 2 aromatic rings. The zero-order chi connectivity index (χ0) is 10.1. The Kier molecular flexibility index (Phi) is 1.95. The average molecular weight is 192 g/mol. The van der Waals surface area contributed by atoms with E-state index < -0.39 is 0 Å². The number of rotatable bonds is 2. The van der Waals surface area contributed by atoms with Crippen molar-refractivity contribution in [1.29, 1.82) is 0 Å². The lowest BCUT2D eigenvalue weighted by Crippen LogP contribution is -2.01. The fourth-order valence-corrected chi connectivity index (χ4v) is 1.37. The maximum atomic E-state index is 5.67. The number of aromatic nitrogens is 5. The highest BCUT2D eigenvalue weighted by Crippen LogP contribution is 2.13. The fourth-order valence-electron chi connectivity index (χ4n) is 1.37. The molecular weight excluding hydrogens is 180 g/mol. The van der Waals surface area contributed by atoms with Crippen LogP contribution in [-0.4, -0.2) is 24.8 Å². The first-order chi connectivity index (χ1) is 6.72. The molecule has 0 aliphatic carbocycles. The van der Waals surface area contributed by atoms with Gasteiger partial charge in [-0.3, -0.25) is 4.68 Å². The van der Waals surface area contributed by atoms with Crippen molar-refractivity contribution in [3.8, 4) is 5.69 Å². The smallest absolute Gasteiger partial charge is 0.169 e. The number of aryl methyl sites for hydroxylation is 1. The highest BCUT2D eigenvalue weighted by Gasteiger charge is 2.10. The second kappa shape index (κ2) is 3.13. The molecule has 0 fully saturated rings. The summed E-state index contributed by atoms with van der Waals surface area (Å²) in [5, 5.41) is 11.9. The molecule has 0 amide bonds. The van der Waals surface area contributed by atoms with Crippen LogP contribution in [0.4, 0.5) is 5.82 Å². The summed E-state index contributed by atoms with van der Waals surface area (Å²) < 4.78 is 3.43. The van der Waals surface area contributed by atoms with E-state index in [-0.39, 0.29) is 0 Å². The summed E-state index contributed by atoms with van der Waals surface area (Å²) in [5.41, 5.74) is 7.47. The van der Waals surface area contributed by atoms with Gasteiger partial charge in [-0.2, -0.15) is 5.10 Å². The zero-order valence-corrected chi connectivity index (χ0v) is 8.18. The summed E-state index contributed by atoms with van der Waals surface area (Å²) in [5.74, 6) is 0.483. The third kappa shape index (κ3) is 1.24. The van der Waals surface area contributed by atoms with Gasteiger partial charge in [-0.25, -0.2) is 4.68 Å². The molecule has 0 aromatic carbocycles. The molecule has 2 aromatic heterocycles. The molecule has 74 valence electrons. The van der Waals surface area contributed by atoms with E-state index >= 15 is 0 Å². The molecule has 0 aliphatic rings. The predicted molar refractivity (Wildman–Crippen MR) is 51.9 cm³/mol. The van der Waals surface area contributed by atoms with Gasteiger partial charge in [-0.1, -0.05) is 12.1 Å². The van der Waals surface area contributed by atoms with Gasteiger partial charge in [-0.05, 0) is 6.42 Å². The Morgan fingerprint density at radius 3 is 2.86 bits per heavy atom. The first-order valence-corrected chi connectivity index (χ1v) is 4.41. The molecular formula is C8H12N6. The van der Waals surface area contributed by atoms with E-state index in [1.54, 1.807) is 15.6 Å². The van der Waals surface area contributed by atoms with Gasteiger partial charge in [-0.15, -0.1) is 5.10 Å². The summed E-state index contributed by atoms with van der Waals surface area (Å²) >= 11 is 0. The molecule has 14 heavy (non-hydrogen) atoms. The van der Waals surface area contributed by atoms with Gasteiger partial charge in [0.2, 0.25) is 0 Å². The molecule has 0 spiro atoms. The van der Waals surface area contributed by atoms with Gasteiger partial charge in [0.25, 0.3) is 0 Å². The number of anilines is 1. The van der Waals surface area contributed by atoms with Crippen molar-refractivity contribution in [2.24, 2.45) is 7.05 Å². The van der Waals surface area contributed by atoms with Crippen LogP contribution in [0.3, 0.4) is 0 Å². The van der Waals surface area contributed by atoms with Crippen molar-refractivity contribution in [3.63, 3.8) is 0 Å². The maximum Gasteiger partial charge on any atom is 0.169 e. The van der Waals surface area contributed by atoms with Crippen molar-refractivity contribution < 1.29 is 0 Å². The van der Waals surface area contributed by atoms with Gasteiger partial charge < -0.3 is 5.73 Å².